The maximum absolute atomic E-state index is 13.2. The van der Waals surface area contributed by atoms with Crippen LogP contribution >= 0.6 is 0 Å². The Morgan fingerprint density at radius 1 is 0.838 bits per heavy atom. The summed E-state index contributed by atoms with van der Waals surface area (Å²) < 4.78 is 23.6. The predicted octanol–water partition coefficient (Wildman–Crippen LogP) is 4.86. The van der Waals surface area contributed by atoms with Gasteiger partial charge >= 0.3 is 0 Å². The van der Waals surface area contributed by atoms with Crippen LogP contribution in [0.2, 0.25) is 0 Å². The lowest BCUT2D eigenvalue weighted by Gasteiger charge is -2.24. The van der Waals surface area contributed by atoms with Crippen molar-refractivity contribution in [1.82, 2.24) is 19.8 Å². The molecule has 0 bridgehead atoms. The molecule has 0 N–H and O–H groups in total. The second-order valence-electron chi connectivity index (χ2n) is 9.36. The number of carbonyl (C=O) groups excluding carboxylic acids is 1. The molecule has 0 aliphatic heterocycles. The molecule has 0 saturated heterocycles. The zero-order chi connectivity index (χ0) is 26.3. The van der Waals surface area contributed by atoms with Crippen molar-refractivity contribution >= 4 is 11.4 Å². The number of ketones is 1. The minimum absolute atomic E-state index is 0.0512. The standard InChI is InChI=1S/C28H30N4O5/c1-15(2)26-25(17-8-10-22(35-4)24(14-17)37-6)28-30-29-27-19(32(28)31-26)11-18(12-20(27)33)16-7-9-21(34-3)23(13-16)36-5/h7-10,13-15,18H,11-12H2,1-6H3. The summed E-state index contributed by atoms with van der Waals surface area (Å²) in [5, 5.41) is 13.9. The lowest BCUT2D eigenvalue weighted by molar-refractivity contribution is 0.0955. The van der Waals surface area contributed by atoms with E-state index < -0.39 is 0 Å². The average Bonchev–Trinajstić information content (AvgIpc) is 3.32. The van der Waals surface area contributed by atoms with Crippen LogP contribution in [0.15, 0.2) is 36.4 Å². The van der Waals surface area contributed by atoms with E-state index in [-0.39, 0.29) is 17.6 Å². The van der Waals surface area contributed by atoms with E-state index in [1.165, 1.54) is 0 Å². The normalized spacial score (nSPS) is 15.1. The minimum atomic E-state index is -0.0524. The summed E-state index contributed by atoms with van der Waals surface area (Å²) in [7, 11) is 6.43. The first kappa shape index (κ1) is 24.5. The molecule has 192 valence electrons. The first-order chi connectivity index (χ1) is 17.9. The van der Waals surface area contributed by atoms with E-state index in [2.05, 4.69) is 24.0 Å². The van der Waals surface area contributed by atoms with Gasteiger partial charge in [0.05, 0.1) is 45.4 Å². The lowest BCUT2D eigenvalue weighted by Crippen LogP contribution is -2.24. The Morgan fingerprint density at radius 3 is 2.14 bits per heavy atom. The Kier molecular flexibility index (Phi) is 6.45. The quantitative estimate of drug-likeness (QED) is 0.353. The van der Waals surface area contributed by atoms with Crippen LogP contribution in [-0.4, -0.2) is 54.0 Å². The number of aromatic nitrogens is 4. The number of benzene rings is 2. The van der Waals surface area contributed by atoms with E-state index in [1.54, 1.807) is 33.0 Å². The van der Waals surface area contributed by atoms with Crippen molar-refractivity contribution in [3.8, 4) is 34.1 Å². The van der Waals surface area contributed by atoms with Gasteiger partial charge in [-0.1, -0.05) is 26.0 Å². The third-order valence-corrected chi connectivity index (χ3v) is 6.90. The molecule has 1 aliphatic rings. The van der Waals surface area contributed by atoms with Gasteiger partial charge in [-0.3, -0.25) is 4.79 Å². The average molecular weight is 503 g/mol. The molecule has 37 heavy (non-hydrogen) atoms. The Balaban J connectivity index is 1.66. The molecular weight excluding hydrogens is 472 g/mol. The molecule has 0 saturated carbocycles. The zero-order valence-corrected chi connectivity index (χ0v) is 21.9. The summed E-state index contributed by atoms with van der Waals surface area (Å²) in [6.45, 7) is 4.17. The van der Waals surface area contributed by atoms with Crippen LogP contribution in [-0.2, 0) is 6.42 Å². The van der Waals surface area contributed by atoms with Crippen LogP contribution in [0.4, 0.5) is 0 Å². The smallest absolute Gasteiger partial charge is 0.185 e. The van der Waals surface area contributed by atoms with Crippen LogP contribution < -0.4 is 18.9 Å². The zero-order valence-electron chi connectivity index (χ0n) is 21.9. The fourth-order valence-corrected chi connectivity index (χ4v) is 5.00. The molecule has 0 amide bonds. The van der Waals surface area contributed by atoms with E-state index in [1.807, 2.05) is 36.4 Å². The first-order valence-electron chi connectivity index (χ1n) is 12.2. The predicted molar refractivity (Wildman–Crippen MR) is 138 cm³/mol. The summed E-state index contributed by atoms with van der Waals surface area (Å²) in [6, 6.07) is 11.5. The topological polar surface area (TPSA) is 97.1 Å². The van der Waals surface area contributed by atoms with Crippen molar-refractivity contribution < 1.29 is 23.7 Å². The van der Waals surface area contributed by atoms with Gasteiger partial charge in [0.2, 0.25) is 0 Å². The molecule has 1 atom stereocenters. The van der Waals surface area contributed by atoms with Gasteiger partial charge in [-0.25, -0.2) is 4.52 Å². The van der Waals surface area contributed by atoms with Crippen molar-refractivity contribution in [2.45, 2.75) is 38.5 Å². The molecule has 2 heterocycles. The SMILES string of the molecule is COc1ccc(-c2c(C(C)C)nn3c4c(nnc23)C(=O)CC(c2ccc(OC)c(OC)c2)C4)cc1OC. The van der Waals surface area contributed by atoms with Crippen LogP contribution in [0.25, 0.3) is 16.8 Å². The van der Waals surface area contributed by atoms with Gasteiger partial charge in [0.1, 0.15) is 0 Å². The van der Waals surface area contributed by atoms with Gasteiger partial charge in [-0.2, -0.15) is 5.10 Å². The highest BCUT2D eigenvalue weighted by Crippen LogP contribution is 2.40. The number of methoxy groups -OCH3 is 4. The van der Waals surface area contributed by atoms with E-state index in [0.29, 0.717) is 47.2 Å². The Morgan fingerprint density at radius 2 is 1.49 bits per heavy atom. The highest BCUT2D eigenvalue weighted by Gasteiger charge is 2.32. The number of ether oxygens (including phenoxy) is 4. The third kappa shape index (κ3) is 4.14. The summed E-state index contributed by atoms with van der Waals surface area (Å²) in [5.74, 6) is 2.54. The number of rotatable bonds is 7. The second-order valence-corrected chi connectivity index (χ2v) is 9.36. The lowest BCUT2D eigenvalue weighted by atomic mass is 9.83. The Labute approximate surface area is 215 Å². The van der Waals surface area contributed by atoms with E-state index in [4.69, 9.17) is 24.0 Å². The molecule has 2 aromatic heterocycles. The van der Waals surface area contributed by atoms with Crippen LogP contribution in [0, 0.1) is 0 Å². The van der Waals surface area contributed by atoms with Crippen molar-refractivity contribution in [1.29, 1.82) is 0 Å². The van der Waals surface area contributed by atoms with Crippen molar-refractivity contribution in [2.75, 3.05) is 28.4 Å². The fraction of sp³-hybridized carbons (Fsp3) is 0.357. The molecular formula is C28H30N4O5. The maximum atomic E-state index is 13.2. The van der Waals surface area contributed by atoms with E-state index >= 15 is 0 Å². The van der Waals surface area contributed by atoms with Crippen molar-refractivity contribution in [3.05, 3.63) is 59.0 Å². The summed E-state index contributed by atoms with van der Waals surface area (Å²) in [4.78, 5) is 13.2. The molecule has 1 unspecified atom stereocenters. The maximum Gasteiger partial charge on any atom is 0.185 e. The van der Waals surface area contributed by atoms with Crippen molar-refractivity contribution in [3.63, 3.8) is 0 Å². The van der Waals surface area contributed by atoms with Crippen LogP contribution in [0.3, 0.4) is 0 Å². The van der Waals surface area contributed by atoms with E-state index in [9.17, 15) is 4.79 Å². The number of Topliss-reactive ketones (excluding diaryl/α,β-unsaturated/α-hetero) is 1. The van der Waals surface area contributed by atoms with Gasteiger partial charge in [0.15, 0.2) is 40.1 Å². The molecule has 0 fully saturated rings. The monoisotopic (exact) mass is 502 g/mol. The number of nitrogens with zero attached hydrogens (tertiary/aromatic N) is 4. The molecule has 0 spiro atoms. The van der Waals surface area contributed by atoms with Gasteiger partial charge in [0.25, 0.3) is 0 Å². The number of hydrogen-bond donors (Lipinski definition) is 0. The number of hydrogen-bond acceptors (Lipinski definition) is 8. The first-order valence-corrected chi connectivity index (χ1v) is 12.2. The van der Waals surface area contributed by atoms with Gasteiger partial charge in [0, 0.05) is 6.42 Å². The summed E-state index contributed by atoms with van der Waals surface area (Å²) in [6.07, 6.45) is 0.927. The molecule has 5 rings (SSSR count). The van der Waals surface area contributed by atoms with Gasteiger partial charge < -0.3 is 18.9 Å². The highest BCUT2D eigenvalue weighted by molar-refractivity contribution is 5.97. The number of fused-ring (bicyclic) bond motifs is 3. The van der Waals surface area contributed by atoms with Crippen LogP contribution in [0.1, 0.15) is 59.5 Å². The second kappa shape index (κ2) is 9.72. The fourth-order valence-electron chi connectivity index (χ4n) is 5.00. The molecule has 1 aliphatic carbocycles. The Hall–Kier alpha value is -4.14. The molecule has 2 aromatic carbocycles. The summed E-state index contributed by atoms with van der Waals surface area (Å²) in [5.41, 5.74) is 5.37. The summed E-state index contributed by atoms with van der Waals surface area (Å²) >= 11 is 0. The van der Waals surface area contributed by atoms with Gasteiger partial charge in [-0.05, 0) is 53.6 Å². The Bertz CT molecular complexity index is 1490. The van der Waals surface area contributed by atoms with Crippen molar-refractivity contribution in [2.24, 2.45) is 0 Å². The van der Waals surface area contributed by atoms with E-state index in [0.717, 1.165) is 28.1 Å². The highest BCUT2D eigenvalue weighted by atomic mass is 16.5. The molecule has 9 heteroatoms. The number of carbonyl (C=O) groups is 1. The molecule has 4 aromatic rings. The molecule has 9 nitrogen and oxygen atoms in total. The molecule has 0 radical (unpaired) electrons. The minimum Gasteiger partial charge on any atom is -0.493 e. The largest absolute Gasteiger partial charge is 0.493 e. The van der Waals surface area contributed by atoms with Gasteiger partial charge in [-0.15, -0.1) is 10.2 Å². The third-order valence-electron chi connectivity index (χ3n) is 6.90. The van der Waals surface area contributed by atoms with Crippen LogP contribution in [0.5, 0.6) is 23.0 Å².